The highest BCUT2D eigenvalue weighted by Crippen LogP contribution is 2.49. The van der Waals surface area contributed by atoms with Gasteiger partial charge in [0, 0.05) is 41.8 Å². The van der Waals surface area contributed by atoms with Gasteiger partial charge in [0.05, 0.1) is 21.5 Å². The molecule has 0 atom stereocenters. The normalized spacial score (nSPS) is 11.9. The summed E-state index contributed by atoms with van der Waals surface area (Å²) < 4.78 is 41.6. The molecule has 0 aliphatic carbocycles. The van der Waals surface area contributed by atoms with Gasteiger partial charge in [0.1, 0.15) is 45.1 Å². The first-order valence-electron chi connectivity index (χ1n) is 20.2. The van der Waals surface area contributed by atoms with Gasteiger partial charge in [-0.05, 0) is 95.1 Å². The van der Waals surface area contributed by atoms with Crippen LogP contribution in [0, 0.1) is 23.5 Å². The first-order valence-corrected chi connectivity index (χ1v) is 24.3. The van der Waals surface area contributed by atoms with Crippen molar-refractivity contribution in [3.63, 3.8) is 0 Å². The number of fused-ring (bicyclic) bond motifs is 2. The van der Waals surface area contributed by atoms with Crippen molar-refractivity contribution >= 4 is 79.1 Å². The summed E-state index contributed by atoms with van der Waals surface area (Å²) in [5.74, 6) is 0.649. The lowest BCUT2D eigenvalue weighted by atomic mass is 9.94. The highest BCUT2D eigenvalue weighted by molar-refractivity contribution is 7.19. The molecule has 6 heterocycles. The molecular weight excluding hydrogens is 831 g/mol. The predicted molar refractivity (Wildman–Crippen MR) is 250 cm³/mol. The van der Waals surface area contributed by atoms with Crippen LogP contribution >= 0.6 is 57.1 Å². The second kappa shape index (κ2) is 17.2. The van der Waals surface area contributed by atoms with Crippen LogP contribution in [0.1, 0.15) is 64.5 Å². The van der Waals surface area contributed by atoms with Crippen LogP contribution in [0.5, 0.6) is 0 Å². The molecule has 9 aromatic rings. The number of hydrogen-bond acceptors (Lipinski definition) is 9. The van der Waals surface area contributed by atoms with Crippen molar-refractivity contribution in [2.75, 3.05) is 0 Å². The second-order valence-corrected chi connectivity index (χ2v) is 19.6. The minimum atomic E-state index is -0.214. The van der Waals surface area contributed by atoms with Gasteiger partial charge in [-0.15, -0.1) is 45.3 Å². The molecule has 0 aliphatic rings. The molecule has 0 unspecified atom stereocenters. The SMILES string of the molecule is CCC(CC)Cc1ccc(-c2ccc(-c3c4nsnc4c(-c4ccc(-c5ccc(CC(CC)CC)cc5F)s4)c4nc(-c5cccs5)c(-c5cccs5)nc34)s2)c(F)c1. The molecule has 0 radical (unpaired) electrons. The van der Waals surface area contributed by atoms with Gasteiger partial charge in [0.25, 0.3) is 0 Å². The van der Waals surface area contributed by atoms with Crippen LogP contribution in [-0.2, 0) is 12.8 Å². The zero-order valence-electron chi connectivity index (χ0n) is 33.2. The Balaban J connectivity index is 1.22. The average Bonchev–Trinajstić information content (AvgIpc) is 4.11. The van der Waals surface area contributed by atoms with Crippen LogP contribution in [0.2, 0.25) is 0 Å². The van der Waals surface area contributed by atoms with Crippen LogP contribution in [0.3, 0.4) is 0 Å². The number of halogens is 2. The van der Waals surface area contributed by atoms with Gasteiger partial charge in [-0.3, -0.25) is 0 Å². The lowest BCUT2D eigenvalue weighted by Gasteiger charge is -2.14. The fraction of sp³-hybridized carbons (Fsp3) is 0.250. The summed E-state index contributed by atoms with van der Waals surface area (Å²) in [5, 5.41) is 4.11. The standard InChI is InChI=1S/C48H42F2N4S5/c1-5-27(6-2)23-29-13-15-31(33(49)25-29)35-17-19-37(57-35)41-45-46(52-44(40-12-10-22-56-40)43(51-45)39-11-9-21-55-39)42(48-47(41)53-59-54-48)38-20-18-36(58-38)32-16-14-30(26-34(32)50)24-28(7-3)8-4/h9-22,25-28H,5-8,23-24H2,1-4H3. The van der Waals surface area contributed by atoms with E-state index in [0.717, 1.165) is 113 Å². The molecule has 6 aromatic heterocycles. The maximum absolute atomic E-state index is 15.9. The molecule has 298 valence electrons. The monoisotopic (exact) mass is 872 g/mol. The Morgan fingerprint density at radius 3 is 1.29 bits per heavy atom. The van der Waals surface area contributed by atoms with Crippen molar-refractivity contribution in [2.24, 2.45) is 11.8 Å². The van der Waals surface area contributed by atoms with Crippen molar-refractivity contribution in [1.29, 1.82) is 0 Å². The third kappa shape index (κ3) is 7.72. The fourth-order valence-electron chi connectivity index (χ4n) is 7.99. The molecule has 0 N–H and O–H groups in total. The molecule has 0 aliphatic heterocycles. The number of aromatic nitrogens is 4. The van der Waals surface area contributed by atoms with E-state index in [1.165, 1.54) is 22.7 Å². The zero-order chi connectivity index (χ0) is 40.6. The highest BCUT2D eigenvalue weighted by atomic mass is 32.1. The Labute approximate surface area is 363 Å². The molecule has 4 nitrogen and oxygen atoms in total. The summed E-state index contributed by atoms with van der Waals surface area (Å²) in [6.07, 6.45) is 6.04. The van der Waals surface area contributed by atoms with E-state index < -0.39 is 0 Å². The molecule has 0 amide bonds. The van der Waals surface area contributed by atoms with Crippen LogP contribution in [0.25, 0.3) is 85.0 Å². The number of thiophene rings is 4. The zero-order valence-corrected chi connectivity index (χ0v) is 37.3. The van der Waals surface area contributed by atoms with E-state index in [1.807, 2.05) is 48.5 Å². The second-order valence-electron chi connectivity index (χ2n) is 15.0. The predicted octanol–water partition coefficient (Wildman–Crippen LogP) is 16.1. The van der Waals surface area contributed by atoms with Crippen molar-refractivity contribution in [2.45, 2.75) is 66.2 Å². The van der Waals surface area contributed by atoms with Crippen LogP contribution in [0.4, 0.5) is 8.78 Å². The first-order chi connectivity index (χ1) is 28.9. The topological polar surface area (TPSA) is 51.6 Å². The Morgan fingerprint density at radius 1 is 0.492 bits per heavy atom. The maximum atomic E-state index is 15.9. The Hall–Kier alpha value is -4.52. The molecule has 0 spiro atoms. The molecule has 59 heavy (non-hydrogen) atoms. The van der Waals surface area contributed by atoms with E-state index in [-0.39, 0.29) is 11.6 Å². The third-order valence-electron chi connectivity index (χ3n) is 11.5. The Kier molecular flexibility index (Phi) is 11.7. The summed E-state index contributed by atoms with van der Waals surface area (Å²) in [7, 11) is 0. The van der Waals surface area contributed by atoms with E-state index in [4.69, 9.17) is 18.7 Å². The largest absolute Gasteiger partial charge is 0.242 e. The number of benzene rings is 3. The first kappa shape index (κ1) is 39.9. The van der Waals surface area contributed by atoms with Gasteiger partial charge < -0.3 is 0 Å². The highest BCUT2D eigenvalue weighted by Gasteiger charge is 2.27. The van der Waals surface area contributed by atoms with Gasteiger partial charge in [0.2, 0.25) is 0 Å². The molecule has 3 aromatic carbocycles. The third-order valence-corrected chi connectivity index (χ3v) is 16.1. The van der Waals surface area contributed by atoms with Crippen molar-refractivity contribution in [1.82, 2.24) is 18.7 Å². The van der Waals surface area contributed by atoms with Crippen molar-refractivity contribution < 1.29 is 8.78 Å². The lowest BCUT2D eigenvalue weighted by Crippen LogP contribution is -2.02. The number of rotatable bonds is 14. The molecule has 11 heteroatoms. The van der Waals surface area contributed by atoms with Gasteiger partial charge in [-0.2, -0.15) is 8.75 Å². The van der Waals surface area contributed by atoms with Gasteiger partial charge >= 0.3 is 0 Å². The average molecular weight is 873 g/mol. The van der Waals surface area contributed by atoms with Crippen molar-refractivity contribution in [3.8, 4) is 62.9 Å². The summed E-state index contributed by atoms with van der Waals surface area (Å²) in [5.41, 5.74) is 9.29. The molecule has 0 fully saturated rings. The van der Waals surface area contributed by atoms with E-state index in [0.29, 0.717) is 45.0 Å². The van der Waals surface area contributed by atoms with E-state index in [2.05, 4.69) is 62.7 Å². The lowest BCUT2D eigenvalue weighted by molar-refractivity contribution is 0.489. The fourth-order valence-corrected chi connectivity index (χ4v) is 12.1. The van der Waals surface area contributed by atoms with Crippen LogP contribution < -0.4 is 0 Å². The molecule has 9 rings (SSSR count). The van der Waals surface area contributed by atoms with Gasteiger partial charge in [-0.1, -0.05) is 89.8 Å². The van der Waals surface area contributed by atoms with E-state index in [9.17, 15) is 0 Å². The minimum Gasteiger partial charge on any atom is -0.242 e. The molecule has 0 saturated carbocycles. The maximum Gasteiger partial charge on any atom is 0.132 e. The number of nitrogens with zero attached hydrogens (tertiary/aromatic N) is 4. The van der Waals surface area contributed by atoms with Crippen LogP contribution in [0.15, 0.2) is 95.7 Å². The van der Waals surface area contributed by atoms with E-state index in [1.54, 1.807) is 34.8 Å². The van der Waals surface area contributed by atoms with Gasteiger partial charge in [0.15, 0.2) is 0 Å². The summed E-state index contributed by atoms with van der Waals surface area (Å²) in [6, 6.07) is 27.7. The van der Waals surface area contributed by atoms with Crippen molar-refractivity contribution in [3.05, 3.63) is 118 Å². The molecular formula is C48H42F2N4S5. The van der Waals surface area contributed by atoms with E-state index >= 15 is 8.78 Å². The smallest absolute Gasteiger partial charge is 0.132 e. The Bertz CT molecular complexity index is 2690. The molecule has 0 bridgehead atoms. The van der Waals surface area contributed by atoms with Crippen LogP contribution in [-0.4, -0.2) is 18.7 Å². The Morgan fingerprint density at radius 2 is 0.915 bits per heavy atom. The summed E-state index contributed by atoms with van der Waals surface area (Å²) in [4.78, 5) is 16.5. The summed E-state index contributed by atoms with van der Waals surface area (Å²) in [6.45, 7) is 8.79. The number of hydrogen-bond donors (Lipinski definition) is 0. The molecule has 0 saturated heterocycles. The summed E-state index contributed by atoms with van der Waals surface area (Å²) >= 11 is 7.46. The van der Waals surface area contributed by atoms with Gasteiger partial charge in [-0.25, -0.2) is 18.7 Å². The quantitative estimate of drug-likeness (QED) is 0.109. The minimum absolute atomic E-state index is 0.214.